The van der Waals surface area contributed by atoms with Crippen LogP contribution in [0.25, 0.3) is 0 Å². The molecule has 0 amide bonds. The summed E-state index contributed by atoms with van der Waals surface area (Å²) in [6, 6.07) is 3.35. The molecule has 1 radical (unpaired) electrons. The minimum Gasteiger partial charge on any atom is -0.441 e. The van der Waals surface area contributed by atoms with E-state index in [2.05, 4.69) is 105 Å². The van der Waals surface area contributed by atoms with Crippen LogP contribution in [0, 0.1) is 6.92 Å². The van der Waals surface area contributed by atoms with E-state index in [1.165, 1.54) is 0 Å². The maximum atomic E-state index is 7.19. The van der Waals surface area contributed by atoms with Gasteiger partial charge in [-0.1, -0.05) is 6.92 Å². The van der Waals surface area contributed by atoms with E-state index in [-0.39, 0.29) is 0 Å². The van der Waals surface area contributed by atoms with E-state index in [0.29, 0.717) is 32.3 Å². The molecule has 0 N–H and O–H groups in total. The molecule has 0 aromatic rings. The SMILES string of the molecule is [CH2]CC[Si](O[Si](C)(C)CCO[SiH2]O[Si](C)(C)C)(O[Si](C)(C)CCO[SiH2]O[Si](C)(C)C)O[Si](C)(C)CCO[SiH2]O[Si](C)(C)C. The first kappa shape index (κ1) is 44.8. The Morgan fingerprint density at radius 2 is 0.674 bits per heavy atom. The molecule has 0 rings (SSSR count). The predicted molar refractivity (Wildman–Crippen MR) is 207 cm³/mol. The van der Waals surface area contributed by atoms with Gasteiger partial charge in [0.15, 0.2) is 49.9 Å². The number of hydrogen-bond acceptors (Lipinski definition) is 9. The molecule has 0 aliphatic rings. The van der Waals surface area contributed by atoms with Crippen molar-refractivity contribution in [1.82, 2.24) is 0 Å². The Hall–Kier alpha value is 1.81. The molecule has 259 valence electrons. The molecule has 0 saturated carbocycles. The number of rotatable bonds is 26. The standard InChI is InChI=1S/C24H69O9Si10/c1-17-21-43(31-40(11,12)22-18-25-34-28-37(2,3)4,32-41(13,14)23-19-26-35-29-38(5,6)7)33-42(15,16)24-20-27-36-30-39(8,9)10/h1,17-24,34-36H2,2-16H3. The van der Waals surface area contributed by atoms with Gasteiger partial charge < -0.3 is 38.0 Å². The van der Waals surface area contributed by atoms with Crippen molar-refractivity contribution in [3.8, 4) is 0 Å². The monoisotopic (exact) mass is 781 g/mol. The lowest BCUT2D eigenvalue weighted by atomic mass is 10.6. The van der Waals surface area contributed by atoms with E-state index >= 15 is 0 Å². The molecule has 0 atom stereocenters. The third kappa shape index (κ3) is 26.4. The molecule has 0 bridgehead atoms. The molecule has 0 aromatic heterocycles. The molecule has 0 fully saturated rings. The van der Waals surface area contributed by atoms with Gasteiger partial charge in [0.25, 0.3) is 30.0 Å². The van der Waals surface area contributed by atoms with Gasteiger partial charge in [0, 0.05) is 25.9 Å². The van der Waals surface area contributed by atoms with Gasteiger partial charge >= 0.3 is 8.80 Å². The zero-order valence-electron chi connectivity index (χ0n) is 30.7. The summed E-state index contributed by atoms with van der Waals surface area (Å²) in [6.45, 7) is 39.7. The second-order valence-corrected chi connectivity index (χ2v) is 50.4. The zero-order chi connectivity index (χ0) is 33.6. The van der Waals surface area contributed by atoms with Crippen LogP contribution < -0.4 is 0 Å². The molecule has 0 saturated heterocycles. The van der Waals surface area contributed by atoms with Crippen LogP contribution in [0.1, 0.15) is 6.42 Å². The minimum atomic E-state index is -3.08. The second-order valence-electron chi connectivity index (χ2n) is 16.0. The van der Waals surface area contributed by atoms with Gasteiger partial charge in [-0.2, -0.15) is 0 Å². The zero-order valence-corrected chi connectivity index (χ0v) is 41.9. The van der Waals surface area contributed by atoms with E-state index < -0.39 is 88.7 Å². The highest BCUT2D eigenvalue weighted by molar-refractivity contribution is 6.90. The van der Waals surface area contributed by atoms with Crippen LogP contribution in [-0.2, 0) is 38.0 Å². The van der Waals surface area contributed by atoms with Gasteiger partial charge in [-0.3, -0.25) is 0 Å². The average Bonchev–Trinajstić information content (AvgIpc) is 2.74. The molecule has 43 heavy (non-hydrogen) atoms. The van der Waals surface area contributed by atoms with Gasteiger partial charge in [-0.25, -0.2) is 0 Å². The van der Waals surface area contributed by atoms with Gasteiger partial charge in [-0.05, 0) is 123 Å². The van der Waals surface area contributed by atoms with Crippen LogP contribution in [0.5, 0.6) is 0 Å². The van der Waals surface area contributed by atoms with Crippen molar-refractivity contribution in [1.29, 1.82) is 0 Å². The fourth-order valence-electron chi connectivity index (χ4n) is 3.63. The molecule has 0 unspecified atom stereocenters. The second kappa shape index (κ2) is 19.7. The Labute approximate surface area is 280 Å². The third-order valence-corrected chi connectivity index (χ3v) is 34.8. The highest BCUT2D eigenvalue weighted by Gasteiger charge is 2.51. The van der Waals surface area contributed by atoms with Crippen molar-refractivity contribution in [2.75, 3.05) is 19.8 Å². The summed E-state index contributed by atoms with van der Waals surface area (Å²) < 4.78 is 57.7. The molecule has 0 heterocycles. The smallest absolute Gasteiger partial charge is 0.441 e. The maximum Gasteiger partial charge on any atom is 0.469 e. The van der Waals surface area contributed by atoms with Gasteiger partial charge in [0.2, 0.25) is 0 Å². The van der Waals surface area contributed by atoms with Gasteiger partial charge in [-0.15, -0.1) is 0 Å². The van der Waals surface area contributed by atoms with Crippen LogP contribution in [-0.4, -0.2) is 109 Å². The molecule has 0 spiro atoms. The quantitative estimate of drug-likeness (QED) is 0.0846. The first-order valence-corrected chi connectivity index (χ1v) is 40.8. The largest absolute Gasteiger partial charge is 0.469 e. The number of hydrogen-bond donors (Lipinski definition) is 0. The summed E-state index contributed by atoms with van der Waals surface area (Å²) in [6.07, 6.45) is 0.708. The summed E-state index contributed by atoms with van der Waals surface area (Å²) in [5.74, 6) is 0. The van der Waals surface area contributed by atoms with E-state index in [1.54, 1.807) is 0 Å². The highest BCUT2D eigenvalue weighted by atomic mass is 28.5. The van der Waals surface area contributed by atoms with Crippen LogP contribution >= 0.6 is 0 Å². The molecular weight excluding hydrogens is 713 g/mol. The summed E-state index contributed by atoms with van der Waals surface area (Å²) in [4.78, 5) is 0. The fraction of sp³-hybridized carbons (Fsp3) is 0.958. The summed E-state index contributed by atoms with van der Waals surface area (Å²) >= 11 is 0. The van der Waals surface area contributed by atoms with Crippen molar-refractivity contribution >= 4 is 88.7 Å². The van der Waals surface area contributed by atoms with Crippen LogP contribution in [0.4, 0.5) is 0 Å². The summed E-state index contributed by atoms with van der Waals surface area (Å²) in [7, 11) is -17.2. The Balaban J connectivity index is 5.68. The Morgan fingerprint density at radius 3 is 0.884 bits per heavy atom. The van der Waals surface area contributed by atoms with E-state index in [9.17, 15) is 0 Å². The topological polar surface area (TPSA) is 83.1 Å². The minimum absolute atomic E-state index is 0.664. The Kier molecular flexibility index (Phi) is 20.5. The molecular formula is C24H69O9Si10. The first-order chi connectivity index (χ1) is 19.3. The average molecular weight is 783 g/mol. The predicted octanol–water partition coefficient (Wildman–Crippen LogP) is 5.42. The van der Waals surface area contributed by atoms with Crippen molar-refractivity contribution in [3.05, 3.63) is 6.92 Å². The van der Waals surface area contributed by atoms with E-state index in [1.807, 2.05) is 0 Å². The van der Waals surface area contributed by atoms with E-state index in [4.69, 9.17) is 38.0 Å². The van der Waals surface area contributed by atoms with Gasteiger partial charge in [0.05, 0.1) is 0 Å². The van der Waals surface area contributed by atoms with Crippen LogP contribution in [0.2, 0.25) is 122 Å². The lowest BCUT2D eigenvalue weighted by molar-refractivity contribution is 0.235. The molecule has 9 nitrogen and oxygen atoms in total. The molecule has 19 heteroatoms. The van der Waals surface area contributed by atoms with Crippen LogP contribution in [0.15, 0.2) is 0 Å². The lowest BCUT2D eigenvalue weighted by Gasteiger charge is -2.45. The summed E-state index contributed by atoms with van der Waals surface area (Å²) in [5, 5.41) is 0. The first-order valence-electron chi connectivity index (χ1n) is 15.8. The maximum absolute atomic E-state index is 7.19. The summed E-state index contributed by atoms with van der Waals surface area (Å²) in [5.41, 5.74) is 0. The lowest BCUT2D eigenvalue weighted by Crippen LogP contribution is -2.62. The third-order valence-electron chi connectivity index (χ3n) is 6.05. The van der Waals surface area contributed by atoms with Crippen molar-refractivity contribution in [3.63, 3.8) is 0 Å². The van der Waals surface area contributed by atoms with Crippen LogP contribution in [0.3, 0.4) is 0 Å². The fourth-order valence-corrected chi connectivity index (χ4v) is 27.0. The van der Waals surface area contributed by atoms with Gasteiger partial charge in [0.1, 0.15) is 0 Å². The highest BCUT2D eigenvalue weighted by Crippen LogP contribution is 2.33. The Morgan fingerprint density at radius 1 is 0.419 bits per heavy atom. The Bertz CT molecular complexity index is 664. The van der Waals surface area contributed by atoms with Crippen molar-refractivity contribution in [2.45, 2.75) is 129 Å². The molecule has 0 aliphatic heterocycles. The normalized spacial score (nSPS) is 16.5. The van der Waals surface area contributed by atoms with E-state index in [0.717, 1.165) is 18.1 Å². The molecule has 0 aromatic carbocycles. The van der Waals surface area contributed by atoms with Crippen molar-refractivity contribution < 1.29 is 38.0 Å². The molecule has 0 aliphatic carbocycles. The van der Waals surface area contributed by atoms with Crippen molar-refractivity contribution in [2.24, 2.45) is 0 Å².